The first kappa shape index (κ1) is 11.2. The van der Waals surface area contributed by atoms with Gasteiger partial charge in [-0.05, 0) is 19.9 Å². The Hall–Kier alpha value is -1.95. The standard InChI is InChI=1S/C12H13N5S/c1-8-7-18-12(15-8)9(2)16-11-10-3-4-14-17(10)6-5-13-11/h3-7,9H,1-2H3,(H,13,16). The third kappa shape index (κ3) is 1.95. The van der Waals surface area contributed by atoms with Gasteiger partial charge in [-0.25, -0.2) is 14.5 Å². The molecule has 0 spiro atoms. The number of fused-ring (bicyclic) bond motifs is 1. The van der Waals surface area contributed by atoms with Crippen molar-refractivity contribution < 1.29 is 0 Å². The topological polar surface area (TPSA) is 55.1 Å². The van der Waals surface area contributed by atoms with E-state index in [1.807, 2.05) is 19.2 Å². The van der Waals surface area contributed by atoms with Crippen LogP contribution in [0.3, 0.4) is 0 Å². The third-order valence-corrected chi connectivity index (χ3v) is 3.83. The van der Waals surface area contributed by atoms with Crippen molar-refractivity contribution >= 4 is 22.7 Å². The zero-order valence-corrected chi connectivity index (χ0v) is 11.0. The van der Waals surface area contributed by atoms with Crippen molar-refractivity contribution in [2.75, 3.05) is 5.32 Å². The molecule has 92 valence electrons. The summed E-state index contributed by atoms with van der Waals surface area (Å²) in [5.41, 5.74) is 2.02. The number of thiazole rings is 1. The molecule has 18 heavy (non-hydrogen) atoms. The maximum absolute atomic E-state index is 4.48. The van der Waals surface area contributed by atoms with E-state index in [0.717, 1.165) is 22.0 Å². The molecule has 3 heterocycles. The predicted molar refractivity (Wildman–Crippen MR) is 71.9 cm³/mol. The lowest BCUT2D eigenvalue weighted by Crippen LogP contribution is -2.08. The number of rotatable bonds is 3. The van der Waals surface area contributed by atoms with Gasteiger partial charge in [-0.15, -0.1) is 11.3 Å². The zero-order valence-electron chi connectivity index (χ0n) is 10.2. The molecule has 6 heteroatoms. The molecule has 3 rings (SSSR count). The number of nitrogens with zero attached hydrogens (tertiary/aromatic N) is 4. The number of hydrogen-bond donors (Lipinski definition) is 1. The van der Waals surface area contributed by atoms with Crippen LogP contribution in [0.15, 0.2) is 30.0 Å². The van der Waals surface area contributed by atoms with Gasteiger partial charge >= 0.3 is 0 Å². The van der Waals surface area contributed by atoms with E-state index in [0.29, 0.717) is 0 Å². The molecule has 0 aliphatic rings. The first-order chi connectivity index (χ1) is 8.74. The van der Waals surface area contributed by atoms with Crippen LogP contribution in [0.5, 0.6) is 0 Å². The molecule has 1 N–H and O–H groups in total. The lowest BCUT2D eigenvalue weighted by Gasteiger charge is -2.12. The monoisotopic (exact) mass is 259 g/mol. The van der Waals surface area contributed by atoms with Crippen LogP contribution < -0.4 is 5.32 Å². The Morgan fingerprint density at radius 2 is 2.28 bits per heavy atom. The second kappa shape index (κ2) is 4.38. The largest absolute Gasteiger partial charge is 0.359 e. The molecule has 0 aliphatic heterocycles. The average Bonchev–Trinajstić information content (AvgIpc) is 2.97. The highest BCUT2D eigenvalue weighted by Crippen LogP contribution is 2.23. The van der Waals surface area contributed by atoms with E-state index in [1.165, 1.54) is 0 Å². The van der Waals surface area contributed by atoms with E-state index in [2.05, 4.69) is 32.7 Å². The average molecular weight is 259 g/mol. The predicted octanol–water partition coefficient (Wildman–Crippen LogP) is 2.67. The van der Waals surface area contributed by atoms with Crippen LogP contribution in [0, 0.1) is 6.92 Å². The molecule has 0 fully saturated rings. The summed E-state index contributed by atoms with van der Waals surface area (Å²) >= 11 is 1.66. The fourth-order valence-corrected chi connectivity index (χ4v) is 2.61. The highest BCUT2D eigenvalue weighted by molar-refractivity contribution is 7.09. The number of nitrogens with one attached hydrogen (secondary N) is 1. The minimum Gasteiger partial charge on any atom is -0.359 e. The Bertz CT molecular complexity index is 672. The number of aromatic nitrogens is 4. The molecule has 0 saturated heterocycles. The third-order valence-electron chi connectivity index (χ3n) is 2.68. The summed E-state index contributed by atoms with van der Waals surface area (Å²) < 4.78 is 1.80. The van der Waals surface area contributed by atoms with Crippen LogP contribution in [0.1, 0.15) is 23.7 Å². The molecule has 3 aromatic rings. The molecule has 0 bridgehead atoms. The number of aryl methyl sites for hydroxylation is 1. The van der Waals surface area contributed by atoms with Crippen molar-refractivity contribution in [3.05, 3.63) is 40.7 Å². The fourth-order valence-electron chi connectivity index (χ4n) is 1.81. The highest BCUT2D eigenvalue weighted by atomic mass is 32.1. The van der Waals surface area contributed by atoms with Crippen molar-refractivity contribution in [2.24, 2.45) is 0 Å². The van der Waals surface area contributed by atoms with Crippen molar-refractivity contribution in [3.63, 3.8) is 0 Å². The molecule has 0 amide bonds. The Kier molecular flexibility index (Phi) is 2.71. The van der Waals surface area contributed by atoms with E-state index in [4.69, 9.17) is 0 Å². The Morgan fingerprint density at radius 3 is 3.06 bits per heavy atom. The Labute approximate surface area is 109 Å². The first-order valence-corrected chi connectivity index (χ1v) is 6.59. The van der Waals surface area contributed by atoms with Crippen molar-refractivity contribution in [2.45, 2.75) is 19.9 Å². The highest BCUT2D eigenvalue weighted by Gasteiger charge is 2.11. The van der Waals surface area contributed by atoms with E-state index in [9.17, 15) is 0 Å². The fraction of sp³-hybridized carbons (Fsp3) is 0.250. The van der Waals surface area contributed by atoms with Gasteiger partial charge in [0.15, 0.2) is 5.82 Å². The first-order valence-electron chi connectivity index (χ1n) is 5.71. The quantitative estimate of drug-likeness (QED) is 0.785. The van der Waals surface area contributed by atoms with Gasteiger partial charge in [0.05, 0.1) is 12.2 Å². The Morgan fingerprint density at radius 1 is 1.39 bits per heavy atom. The van der Waals surface area contributed by atoms with Gasteiger partial charge in [0.2, 0.25) is 0 Å². The normalized spacial score (nSPS) is 12.8. The molecule has 5 nitrogen and oxygen atoms in total. The zero-order chi connectivity index (χ0) is 12.5. The summed E-state index contributed by atoms with van der Waals surface area (Å²) in [5.74, 6) is 0.829. The van der Waals surface area contributed by atoms with E-state index in [-0.39, 0.29) is 6.04 Å². The van der Waals surface area contributed by atoms with E-state index < -0.39 is 0 Å². The summed E-state index contributed by atoms with van der Waals surface area (Å²) in [6, 6.07) is 2.08. The van der Waals surface area contributed by atoms with Crippen LogP contribution >= 0.6 is 11.3 Å². The van der Waals surface area contributed by atoms with Gasteiger partial charge in [0, 0.05) is 23.5 Å². The second-order valence-corrected chi connectivity index (χ2v) is 5.02. The summed E-state index contributed by atoms with van der Waals surface area (Å²) in [5, 5.41) is 10.7. The minimum atomic E-state index is 0.136. The molecule has 0 aliphatic carbocycles. The minimum absolute atomic E-state index is 0.136. The summed E-state index contributed by atoms with van der Waals surface area (Å²) in [6.07, 6.45) is 5.33. The molecule has 1 unspecified atom stereocenters. The number of hydrogen-bond acceptors (Lipinski definition) is 5. The van der Waals surface area contributed by atoms with Crippen LogP contribution in [0.2, 0.25) is 0 Å². The van der Waals surface area contributed by atoms with Gasteiger partial charge in [0.1, 0.15) is 10.5 Å². The van der Waals surface area contributed by atoms with Gasteiger partial charge in [-0.2, -0.15) is 5.10 Å². The number of anilines is 1. The molecular formula is C12H13N5S. The summed E-state index contributed by atoms with van der Waals surface area (Å²) in [4.78, 5) is 8.84. The van der Waals surface area contributed by atoms with Gasteiger partial charge in [0.25, 0.3) is 0 Å². The van der Waals surface area contributed by atoms with Crippen LogP contribution in [0.25, 0.3) is 5.52 Å². The summed E-state index contributed by atoms with van der Waals surface area (Å²) in [7, 11) is 0. The van der Waals surface area contributed by atoms with Crippen LogP contribution in [0.4, 0.5) is 5.82 Å². The van der Waals surface area contributed by atoms with Gasteiger partial charge in [-0.3, -0.25) is 0 Å². The molecule has 0 radical (unpaired) electrons. The van der Waals surface area contributed by atoms with E-state index >= 15 is 0 Å². The molecular weight excluding hydrogens is 246 g/mol. The maximum Gasteiger partial charge on any atom is 0.152 e. The van der Waals surface area contributed by atoms with Crippen LogP contribution in [-0.4, -0.2) is 19.6 Å². The SMILES string of the molecule is Cc1csc(C(C)Nc2nccn3nccc23)n1. The molecule has 0 aromatic carbocycles. The van der Waals surface area contributed by atoms with Crippen molar-refractivity contribution in [1.82, 2.24) is 19.6 Å². The Balaban J connectivity index is 1.90. The molecule has 3 aromatic heterocycles. The van der Waals surface area contributed by atoms with Gasteiger partial charge in [-0.1, -0.05) is 0 Å². The lowest BCUT2D eigenvalue weighted by molar-refractivity contribution is 0.850. The maximum atomic E-state index is 4.48. The second-order valence-electron chi connectivity index (χ2n) is 4.13. The molecule has 1 atom stereocenters. The lowest BCUT2D eigenvalue weighted by atomic mass is 10.3. The molecule has 0 saturated carbocycles. The van der Waals surface area contributed by atoms with Crippen LogP contribution in [-0.2, 0) is 0 Å². The summed E-state index contributed by atoms with van der Waals surface area (Å²) in [6.45, 7) is 4.09. The van der Waals surface area contributed by atoms with Crippen molar-refractivity contribution in [1.29, 1.82) is 0 Å². The smallest absolute Gasteiger partial charge is 0.152 e. The van der Waals surface area contributed by atoms with Crippen molar-refractivity contribution in [3.8, 4) is 0 Å². The van der Waals surface area contributed by atoms with E-state index in [1.54, 1.807) is 28.2 Å². The van der Waals surface area contributed by atoms with Gasteiger partial charge < -0.3 is 5.32 Å².